The predicted octanol–water partition coefficient (Wildman–Crippen LogP) is 4.38. The molecule has 0 heterocycles. The van der Waals surface area contributed by atoms with Crippen LogP contribution in [0.3, 0.4) is 0 Å². The van der Waals surface area contributed by atoms with Crippen LogP contribution in [0, 0.1) is 0 Å². The monoisotopic (exact) mass is 347 g/mol. The molecule has 2 atom stereocenters. The van der Waals surface area contributed by atoms with E-state index in [4.69, 9.17) is 21.1 Å². The summed E-state index contributed by atoms with van der Waals surface area (Å²) < 4.78 is 11.0. The minimum Gasteiger partial charge on any atom is -0.494 e. The second-order valence-electron chi connectivity index (χ2n) is 5.42. The van der Waals surface area contributed by atoms with Crippen molar-refractivity contribution in [3.63, 3.8) is 0 Å². The molecule has 0 fully saturated rings. The SMILES string of the molecule is CCOc1ccc([C@@H](C)NC(=O)[C@@H](C)Oc2ccccc2Cl)cc1. The summed E-state index contributed by atoms with van der Waals surface area (Å²) in [5, 5.41) is 3.42. The minimum atomic E-state index is -0.643. The summed E-state index contributed by atoms with van der Waals surface area (Å²) >= 11 is 6.05. The molecule has 0 unspecified atom stereocenters. The highest BCUT2D eigenvalue weighted by Crippen LogP contribution is 2.24. The van der Waals surface area contributed by atoms with Gasteiger partial charge in [0.15, 0.2) is 6.10 Å². The number of ether oxygens (including phenoxy) is 2. The number of para-hydroxylation sites is 1. The molecule has 0 aromatic heterocycles. The highest BCUT2D eigenvalue weighted by atomic mass is 35.5. The van der Waals surface area contributed by atoms with Crippen molar-refractivity contribution in [2.45, 2.75) is 32.9 Å². The molecule has 0 aliphatic heterocycles. The molecule has 0 radical (unpaired) electrons. The van der Waals surface area contributed by atoms with Crippen LogP contribution in [0.15, 0.2) is 48.5 Å². The number of nitrogens with one attached hydrogen (secondary N) is 1. The molecule has 1 amide bonds. The van der Waals surface area contributed by atoms with Gasteiger partial charge in [-0.15, -0.1) is 0 Å². The topological polar surface area (TPSA) is 47.6 Å². The summed E-state index contributed by atoms with van der Waals surface area (Å²) in [6, 6.07) is 14.6. The summed E-state index contributed by atoms with van der Waals surface area (Å²) in [4.78, 5) is 12.3. The molecule has 128 valence electrons. The Morgan fingerprint density at radius 3 is 2.42 bits per heavy atom. The third-order valence-corrected chi connectivity index (χ3v) is 3.87. The molecule has 2 aromatic carbocycles. The quantitative estimate of drug-likeness (QED) is 0.808. The third kappa shape index (κ3) is 4.90. The first-order chi connectivity index (χ1) is 11.5. The van der Waals surface area contributed by atoms with Gasteiger partial charge in [0.1, 0.15) is 11.5 Å². The fourth-order valence-electron chi connectivity index (χ4n) is 2.22. The third-order valence-electron chi connectivity index (χ3n) is 3.56. The largest absolute Gasteiger partial charge is 0.494 e. The average Bonchev–Trinajstić information content (AvgIpc) is 2.57. The highest BCUT2D eigenvalue weighted by molar-refractivity contribution is 6.32. The fourth-order valence-corrected chi connectivity index (χ4v) is 2.40. The van der Waals surface area contributed by atoms with E-state index in [0.29, 0.717) is 17.4 Å². The van der Waals surface area contributed by atoms with Crippen LogP contribution < -0.4 is 14.8 Å². The zero-order valence-corrected chi connectivity index (χ0v) is 14.8. The summed E-state index contributed by atoms with van der Waals surface area (Å²) in [6.07, 6.45) is -0.643. The highest BCUT2D eigenvalue weighted by Gasteiger charge is 2.18. The van der Waals surface area contributed by atoms with Crippen LogP contribution >= 0.6 is 11.6 Å². The van der Waals surface area contributed by atoms with Crippen LogP contribution in [0.5, 0.6) is 11.5 Å². The van der Waals surface area contributed by atoms with E-state index in [9.17, 15) is 4.79 Å². The van der Waals surface area contributed by atoms with E-state index in [1.165, 1.54) is 0 Å². The van der Waals surface area contributed by atoms with Gasteiger partial charge in [-0.2, -0.15) is 0 Å². The zero-order valence-electron chi connectivity index (χ0n) is 14.1. The summed E-state index contributed by atoms with van der Waals surface area (Å²) in [5.74, 6) is 1.11. The Labute approximate surface area is 147 Å². The number of rotatable bonds is 7. The minimum absolute atomic E-state index is 0.134. The second-order valence-corrected chi connectivity index (χ2v) is 5.83. The van der Waals surface area contributed by atoms with Crippen molar-refractivity contribution in [1.82, 2.24) is 5.32 Å². The lowest BCUT2D eigenvalue weighted by atomic mass is 10.1. The van der Waals surface area contributed by atoms with Gasteiger partial charge in [-0.1, -0.05) is 35.9 Å². The van der Waals surface area contributed by atoms with Crippen molar-refractivity contribution in [1.29, 1.82) is 0 Å². The molecule has 0 bridgehead atoms. The summed E-state index contributed by atoms with van der Waals surface area (Å²) in [5.41, 5.74) is 0.997. The van der Waals surface area contributed by atoms with Crippen molar-refractivity contribution < 1.29 is 14.3 Å². The van der Waals surface area contributed by atoms with Gasteiger partial charge in [0.05, 0.1) is 17.7 Å². The number of carbonyl (C=O) groups excluding carboxylic acids is 1. The molecule has 4 nitrogen and oxygen atoms in total. The van der Waals surface area contributed by atoms with Gasteiger partial charge >= 0.3 is 0 Å². The lowest BCUT2D eigenvalue weighted by Crippen LogP contribution is -2.37. The normalized spacial score (nSPS) is 13.0. The van der Waals surface area contributed by atoms with E-state index in [-0.39, 0.29) is 11.9 Å². The van der Waals surface area contributed by atoms with Crippen LogP contribution in [0.4, 0.5) is 0 Å². The van der Waals surface area contributed by atoms with Crippen molar-refractivity contribution in [2.75, 3.05) is 6.61 Å². The molecule has 24 heavy (non-hydrogen) atoms. The molecule has 5 heteroatoms. The zero-order chi connectivity index (χ0) is 17.5. The Morgan fingerprint density at radius 2 is 1.79 bits per heavy atom. The lowest BCUT2D eigenvalue weighted by molar-refractivity contribution is -0.127. The molecule has 0 saturated carbocycles. The van der Waals surface area contributed by atoms with Gasteiger partial charge in [0.25, 0.3) is 5.91 Å². The number of halogens is 1. The van der Waals surface area contributed by atoms with Gasteiger partial charge < -0.3 is 14.8 Å². The maximum atomic E-state index is 12.3. The molecule has 2 rings (SSSR count). The van der Waals surface area contributed by atoms with Gasteiger partial charge in [-0.05, 0) is 50.6 Å². The smallest absolute Gasteiger partial charge is 0.261 e. The molecule has 2 aromatic rings. The summed E-state index contributed by atoms with van der Waals surface area (Å²) in [7, 11) is 0. The second kappa shape index (κ2) is 8.60. The standard InChI is InChI=1S/C19H22ClNO3/c1-4-23-16-11-9-15(10-12-16)13(2)21-19(22)14(3)24-18-8-6-5-7-17(18)20/h5-14H,4H2,1-3H3,(H,21,22)/t13-,14-/m1/s1. The molecule has 1 N–H and O–H groups in total. The maximum absolute atomic E-state index is 12.3. The van der Waals surface area contributed by atoms with E-state index in [2.05, 4.69) is 5.32 Å². The van der Waals surface area contributed by atoms with Crippen molar-refractivity contribution in [3.8, 4) is 11.5 Å². The molecule has 0 saturated heterocycles. The van der Waals surface area contributed by atoms with E-state index in [1.807, 2.05) is 50.2 Å². The van der Waals surface area contributed by atoms with Gasteiger partial charge in [0.2, 0.25) is 0 Å². The molecular formula is C19H22ClNO3. The Kier molecular flexibility index (Phi) is 6.50. The Hall–Kier alpha value is -2.20. The molecular weight excluding hydrogens is 326 g/mol. The maximum Gasteiger partial charge on any atom is 0.261 e. The van der Waals surface area contributed by atoms with Crippen LogP contribution in [-0.2, 0) is 4.79 Å². The van der Waals surface area contributed by atoms with Crippen LogP contribution in [-0.4, -0.2) is 18.6 Å². The predicted molar refractivity (Wildman–Crippen MR) is 95.7 cm³/mol. The van der Waals surface area contributed by atoms with Crippen LogP contribution in [0.1, 0.15) is 32.4 Å². The van der Waals surface area contributed by atoms with Gasteiger partial charge in [0, 0.05) is 0 Å². The van der Waals surface area contributed by atoms with E-state index in [1.54, 1.807) is 19.1 Å². The van der Waals surface area contributed by atoms with E-state index in [0.717, 1.165) is 11.3 Å². The lowest BCUT2D eigenvalue weighted by Gasteiger charge is -2.19. The number of benzene rings is 2. The molecule has 0 aliphatic rings. The van der Waals surface area contributed by atoms with Gasteiger partial charge in [-0.25, -0.2) is 0 Å². The molecule has 0 spiro atoms. The number of hydrogen-bond donors (Lipinski definition) is 1. The number of hydrogen-bond acceptors (Lipinski definition) is 3. The van der Waals surface area contributed by atoms with Crippen LogP contribution in [0.2, 0.25) is 5.02 Å². The van der Waals surface area contributed by atoms with Crippen molar-refractivity contribution in [2.24, 2.45) is 0 Å². The Morgan fingerprint density at radius 1 is 1.12 bits per heavy atom. The van der Waals surface area contributed by atoms with Crippen molar-refractivity contribution >= 4 is 17.5 Å². The van der Waals surface area contributed by atoms with Crippen molar-refractivity contribution in [3.05, 3.63) is 59.1 Å². The van der Waals surface area contributed by atoms with E-state index < -0.39 is 6.10 Å². The first kappa shape index (κ1) is 18.1. The Bertz CT molecular complexity index is 673. The first-order valence-electron chi connectivity index (χ1n) is 7.95. The summed E-state index contributed by atoms with van der Waals surface area (Å²) in [6.45, 7) is 6.19. The number of carbonyl (C=O) groups is 1. The fraction of sp³-hybridized carbons (Fsp3) is 0.316. The number of amides is 1. The van der Waals surface area contributed by atoms with E-state index >= 15 is 0 Å². The Balaban J connectivity index is 1.94. The van der Waals surface area contributed by atoms with Crippen LogP contribution in [0.25, 0.3) is 0 Å². The average molecular weight is 348 g/mol. The molecule has 0 aliphatic carbocycles. The first-order valence-corrected chi connectivity index (χ1v) is 8.33. The van der Waals surface area contributed by atoms with Gasteiger partial charge in [-0.3, -0.25) is 4.79 Å².